The summed E-state index contributed by atoms with van der Waals surface area (Å²) in [7, 11) is 0. The zero-order valence-electron chi connectivity index (χ0n) is 21.0. The van der Waals surface area contributed by atoms with E-state index in [0.29, 0.717) is 80.9 Å². The highest BCUT2D eigenvalue weighted by atomic mass is 19.3. The van der Waals surface area contributed by atoms with Crippen molar-refractivity contribution in [2.75, 3.05) is 49.6 Å². The lowest BCUT2D eigenvalue weighted by atomic mass is 9.86. The van der Waals surface area contributed by atoms with Crippen LogP contribution < -0.4 is 10.2 Å². The quantitative estimate of drug-likeness (QED) is 0.504. The van der Waals surface area contributed by atoms with Crippen LogP contribution in [0.2, 0.25) is 0 Å². The number of amides is 1. The number of halogens is 2. The average Bonchev–Trinajstić information content (AvgIpc) is 3.31. The van der Waals surface area contributed by atoms with Crippen molar-refractivity contribution >= 4 is 28.7 Å². The predicted octanol–water partition coefficient (Wildman–Crippen LogP) is 2.76. The molecule has 0 atom stereocenters. The van der Waals surface area contributed by atoms with E-state index in [-0.39, 0.29) is 29.8 Å². The summed E-state index contributed by atoms with van der Waals surface area (Å²) in [4.78, 5) is 30.2. The minimum absolute atomic E-state index is 0.0116. The lowest BCUT2D eigenvalue weighted by molar-refractivity contribution is -0.141. The van der Waals surface area contributed by atoms with Gasteiger partial charge in [-0.3, -0.25) is 9.36 Å². The number of morpholine rings is 1. The summed E-state index contributed by atoms with van der Waals surface area (Å²) in [5.74, 6) is 0.980. The summed E-state index contributed by atoms with van der Waals surface area (Å²) in [6.45, 7) is 3.34. The molecule has 1 aliphatic carbocycles. The Labute approximate surface area is 218 Å². The number of alkyl halides is 2. The average molecular weight is 528 g/mol. The number of para-hydroxylation sites is 2. The number of likely N-dealkylation sites (tertiary alicyclic amines) is 1. The first-order chi connectivity index (χ1) is 18.5. The Balaban J connectivity index is 1.26. The van der Waals surface area contributed by atoms with E-state index in [1.807, 2.05) is 9.80 Å². The number of aliphatic hydroxyl groups excluding tert-OH is 1. The minimum atomic E-state index is -2.78. The highest BCUT2D eigenvalue weighted by molar-refractivity contribution is 5.80. The molecule has 3 fully saturated rings. The van der Waals surface area contributed by atoms with Crippen LogP contribution in [-0.2, 0) is 9.53 Å². The smallest absolute Gasteiger partial charge is 0.296 e. The molecule has 2 N–H and O–H groups in total. The van der Waals surface area contributed by atoms with Gasteiger partial charge in [-0.15, -0.1) is 0 Å². The molecule has 0 bridgehead atoms. The molecule has 2 saturated heterocycles. The number of benzene rings is 1. The van der Waals surface area contributed by atoms with Crippen molar-refractivity contribution in [2.45, 2.75) is 44.3 Å². The Morgan fingerprint density at radius 2 is 1.79 bits per heavy atom. The van der Waals surface area contributed by atoms with E-state index >= 15 is 0 Å². The van der Waals surface area contributed by atoms with Gasteiger partial charge in [-0.1, -0.05) is 12.1 Å². The van der Waals surface area contributed by atoms with Crippen LogP contribution in [0.3, 0.4) is 0 Å². The highest BCUT2D eigenvalue weighted by Gasteiger charge is 2.36. The number of carbonyl (C=O) groups is 1. The summed E-state index contributed by atoms with van der Waals surface area (Å²) >= 11 is 0. The van der Waals surface area contributed by atoms with Gasteiger partial charge in [-0.25, -0.2) is 13.8 Å². The fourth-order valence-corrected chi connectivity index (χ4v) is 5.49. The number of aromatic nitrogens is 4. The van der Waals surface area contributed by atoms with Gasteiger partial charge in [0, 0.05) is 38.2 Å². The van der Waals surface area contributed by atoms with E-state index in [9.17, 15) is 18.7 Å². The van der Waals surface area contributed by atoms with E-state index < -0.39 is 6.43 Å². The predicted molar refractivity (Wildman–Crippen MR) is 137 cm³/mol. The maximum atomic E-state index is 14.1. The number of hydrogen-bond donors (Lipinski definition) is 2. The number of hydrogen-bond acceptors (Lipinski definition) is 8. The van der Waals surface area contributed by atoms with Gasteiger partial charge in [0.15, 0.2) is 5.82 Å². The van der Waals surface area contributed by atoms with Gasteiger partial charge in [-0.2, -0.15) is 9.97 Å². The van der Waals surface area contributed by atoms with Crippen molar-refractivity contribution in [1.82, 2.24) is 24.4 Å². The molecule has 1 amide bonds. The van der Waals surface area contributed by atoms with Crippen LogP contribution in [0.4, 0.5) is 20.5 Å². The lowest BCUT2D eigenvalue weighted by Gasteiger charge is -2.42. The van der Waals surface area contributed by atoms with Gasteiger partial charge in [0.25, 0.3) is 6.43 Å². The molecule has 12 heteroatoms. The first-order valence-corrected chi connectivity index (χ1v) is 13.2. The molecule has 0 spiro atoms. The summed E-state index contributed by atoms with van der Waals surface area (Å²) < 4.78 is 35.0. The molecular weight excluding hydrogens is 496 g/mol. The molecule has 3 aliphatic rings. The van der Waals surface area contributed by atoms with Crippen LogP contribution in [0.25, 0.3) is 16.9 Å². The molecule has 1 saturated carbocycles. The molecule has 10 nitrogen and oxygen atoms in total. The Bertz CT molecular complexity index is 1300. The maximum Gasteiger partial charge on any atom is 0.296 e. The first kappa shape index (κ1) is 24.9. The number of nitrogens with zero attached hydrogens (tertiary/aromatic N) is 6. The number of fused-ring (bicyclic) bond motifs is 1. The number of anilines is 2. The second-order valence-electron chi connectivity index (χ2n) is 10.2. The van der Waals surface area contributed by atoms with Gasteiger partial charge in [0.2, 0.25) is 11.9 Å². The third-order valence-electron chi connectivity index (χ3n) is 7.60. The van der Waals surface area contributed by atoms with Gasteiger partial charge in [0.1, 0.15) is 11.6 Å². The number of aliphatic hydroxyl groups is 1. The molecule has 0 radical (unpaired) electrons. The largest absolute Gasteiger partial charge is 0.393 e. The molecule has 1 aromatic carbocycles. The zero-order chi connectivity index (χ0) is 26.2. The SMILES string of the molecule is O=C(C1CCC(O)CC1)N1CC(Nc2cc(-n3c(C(F)F)nc4ccccc43)nc(N3CCOCC3)n2)C1. The van der Waals surface area contributed by atoms with Crippen LogP contribution >= 0.6 is 0 Å². The van der Waals surface area contributed by atoms with Crippen molar-refractivity contribution in [3.8, 4) is 5.82 Å². The third-order valence-corrected chi connectivity index (χ3v) is 7.60. The van der Waals surface area contributed by atoms with Crippen molar-refractivity contribution < 1.29 is 23.4 Å². The van der Waals surface area contributed by atoms with E-state index in [2.05, 4.69) is 15.3 Å². The maximum absolute atomic E-state index is 14.1. The second-order valence-corrected chi connectivity index (χ2v) is 10.2. The molecular formula is C26H31F2N7O3. The van der Waals surface area contributed by atoms with E-state index in [1.54, 1.807) is 30.3 Å². The third kappa shape index (κ3) is 4.90. The van der Waals surface area contributed by atoms with Gasteiger partial charge >= 0.3 is 0 Å². The Morgan fingerprint density at radius 3 is 2.53 bits per heavy atom. The summed E-state index contributed by atoms with van der Waals surface area (Å²) in [6.07, 6.45) is -0.299. The molecule has 6 rings (SSSR count). The van der Waals surface area contributed by atoms with Crippen LogP contribution in [0.1, 0.15) is 37.9 Å². The van der Waals surface area contributed by atoms with Crippen LogP contribution in [0, 0.1) is 5.92 Å². The molecule has 202 valence electrons. The summed E-state index contributed by atoms with van der Waals surface area (Å²) in [6, 6.07) is 8.65. The number of carbonyl (C=O) groups excluding carboxylic acids is 1. The van der Waals surface area contributed by atoms with Gasteiger partial charge in [-0.05, 0) is 37.8 Å². The summed E-state index contributed by atoms with van der Waals surface area (Å²) in [5.41, 5.74) is 1.01. The van der Waals surface area contributed by atoms with Crippen molar-refractivity contribution in [3.05, 3.63) is 36.2 Å². The normalized spacial score (nSPS) is 22.6. The van der Waals surface area contributed by atoms with E-state index in [1.165, 1.54) is 4.57 Å². The topological polar surface area (TPSA) is 109 Å². The van der Waals surface area contributed by atoms with E-state index in [0.717, 1.165) is 12.8 Å². The zero-order valence-corrected chi connectivity index (χ0v) is 21.0. The fourth-order valence-electron chi connectivity index (χ4n) is 5.49. The van der Waals surface area contributed by atoms with Gasteiger partial charge < -0.3 is 25.0 Å². The van der Waals surface area contributed by atoms with Crippen molar-refractivity contribution in [2.24, 2.45) is 5.92 Å². The standard InChI is InChI=1S/C26H31F2N7O3/c27-23(28)24-30-19-3-1-2-4-20(19)35(24)22-13-21(31-26(32-22)33-9-11-38-12-10-33)29-17-14-34(15-17)25(37)16-5-7-18(36)8-6-16/h1-4,13,16-18,23,36H,5-12,14-15H2,(H,29,31,32). The van der Waals surface area contributed by atoms with Crippen molar-refractivity contribution in [1.29, 1.82) is 0 Å². The number of nitrogens with one attached hydrogen (secondary N) is 1. The molecule has 4 heterocycles. The Morgan fingerprint density at radius 1 is 1.05 bits per heavy atom. The monoisotopic (exact) mass is 527 g/mol. The van der Waals surface area contributed by atoms with Crippen LogP contribution in [0.5, 0.6) is 0 Å². The molecule has 3 aromatic rings. The van der Waals surface area contributed by atoms with Gasteiger partial charge in [0.05, 0.1) is 36.4 Å². The minimum Gasteiger partial charge on any atom is -0.393 e. The first-order valence-electron chi connectivity index (χ1n) is 13.2. The summed E-state index contributed by atoms with van der Waals surface area (Å²) in [5, 5.41) is 13.1. The second kappa shape index (κ2) is 10.4. The lowest BCUT2D eigenvalue weighted by Crippen LogP contribution is -2.58. The number of imidazole rings is 1. The molecule has 2 aliphatic heterocycles. The molecule has 0 unspecified atom stereocenters. The van der Waals surface area contributed by atoms with E-state index in [4.69, 9.17) is 9.72 Å². The Hall–Kier alpha value is -3.38. The molecule has 2 aromatic heterocycles. The number of ether oxygens (including phenoxy) is 1. The van der Waals surface area contributed by atoms with Crippen LogP contribution in [0.15, 0.2) is 30.3 Å². The fraction of sp³-hybridized carbons (Fsp3) is 0.538. The molecule has 38 heavy (non-hydrogen) atoms. The number of rotatable bonds is 6. The highest BCUT2D eigenvalue weighted by Crippen LogP contribution is 2.31. The van der Waals surface area contributed by atoms with Crippen molar-refractivity contribution in [3.63, 3.8) is 0 Å². The van der Waals surface area contributed by atoms with Crippen LogP contribution in [-0.4, -0.2) is 87.0 Å². The Kier molecular flexibility index (Phi) is 6.83.